The Morgan fingerprint density at radius 3 is 2.24 bits per heavy atom. The number of benzene rings is 3. The van der Waals surface area contributed by atoms with E-state index in [0.29, 0.717) is 24.7 Å². The van der Waals surface area contributed by atoms with Gasteiger partial charge in [0.05, 0.1) is 19.3 Å². The first kappa shape index (κ1) is 21.5. The van der Waals surface area contributed by atoms with Crippen LogP contribution in [0.5, 0.6) is 11.5 Å². The molecule has 0 radical (unpaired) electrons. The van der Waals surface area contributed by atoms with E-state index >= 15 is 0 Å². The highest BCUT2D eigenvalue weighted by Crippen LogP contribution is 2.29. The molecule has 4 unspecified atom stereocenters. The standard InChI is InChI=1S/C26H26N2O5/c29-26(28-19-11-13-21(14-12-19)32-20-9-5-2-6-10-20)33-23-17-31-24-22(16-30-25(23)24)27-15-18-7-3-1-4-8-18/h1-14,22-25,27H,15-17H2,(H,28,29). The van der Waals surface area contributed by atoms with Gasteiger partial charge in [-0.3, -0.25) is 5.32 Å². The second-order valence-corrected chi connectivity index (χ2v) is 8.08. The molecule has 0 aliphatic carbocycles. The van der Waals surface area contributed by atoms with E-state index in [1.807, 2.05) is 48.5 Å². The normalized spacial score (nSPS) is 23.6. The van der Waals surface area contributed by atoms with Crippen molar-refractivity contribution in [3.63, 3.8) is 0 Å². The molecule has 2 aliphatic heterocycles. The summed E-state index contributed by atoms with van der Waals surface area (Å²) in [6, 6.07) is 26.9. The average Bonchev–Trinajstić information content (AvgIpc) is 3.43. The summed E-state index contributed by atoms with van der Waals surface area (Å²) in [5, 5.41) is 6.24. The van der Waals surface area contributed by atoms with Crippen LogP contribution in [0.15, 0.2) is 84.9 Å². The Bertz CT molecular complexity index is 1050. The van der Waals surface area contributed by atoms with Gasteiger partial charge in [0, 0.05) is 12.2 Å². The van der Waals surface area contributed by atoms with E-state index in [2.05, 4.69) is 22.8 Å². The lowest BCUT2D eigenvalue weighted by atomic mass is 10.1. The molecule has 0 bridgehead atoms. The highest BCUT2D eigenvalue weighted by molar-refractivity contribution is 5.84. The Balaban J connectivity index is 1.10. The maximum Gasteiger partial charge on any atom is 0.412 e. The molecule has 4 atom stereocenters. The number of rotatable bonds is 7. The Hall–Kier alpha value is -3.39. The van der Waals surface area contributed by atoms with Crippen LogP contribution < -0.4 is 15.4 Å². The number of fused-ring (bicyclic) bond motifs is 1. The minimum absolute atomic E-state index is 0.0593. The molecule has 0 aromatic heterocycles. The SMILES string of the molecule is O=C(Nc1ccc(Oc2ccccc2)cc1)OC1COC2C(NCc3ccccc3)COC12. The molecule has 7 heteroatoms. The van der Waals surface area contributed by atoms with E-state index in [0.717, 1.165) is 12.3 Å². The number of anilines is 1. The van der Waals surface area contributed by atoms with Gasteiger partial charge in [-0.1, -0.05) is 48.5 Å². The number of nitrogens with one attached hydrogen (secondary N) is 2. The topological polar surface area (TPSA) is 78.1 Å². The number of carbonyl (C=O) groups is 1. The lowest BCUT2D eigenvalue weighted by Crippen LogP contribution is -2.41. The van der Waals surface area contributed by atoms with Crippen LogP contribution in [0.4, 0.5) is 10.5 Å². The van der Waals surface area contributed by atoms with Crippen LogP contribution in [0.3, 0.4) is 0 Å². The van der Waals surface area contributed by atoms with Crippen LogP contribution in [0, 0.1) is 0 Å². The average molecular weight is 447 g/mol. The predicted octanol–water partition coefficient (Wildman–Crippen LogP) is 4.35. The smallest absolute Gasteiger partial charge is 0.412 e. The Kier molecular flexibility index (Phi) is 6.53. The fourth-order valence-corrected chi connectivity index (χ4v) is 4.10. The zero-order chi connectivity index (χ0) is 22.5. The third-order valence-electron chi connectivity index (χ3n) is 5.76. The summed E-state index contributed by atoms with van der Waals surface area (Å²) < 4.78 is 23.2. The summed E-state index contributed by atoms with van der Waals surface area (Å²) in [7, 11) is 0. The first-order chi connectivity index (χ1) is 16.2. The molecule has 2 heterocycles. The molecule has 2 saturated heterocycles. The molecule has 0 saturated carbocycles. The van der Waals surface area contributed by atoms with Crippen molar-refractivity contribution in [3.05, 3.63) is 90.5 Å². The van der Waals surface area contributed by atoms with E-state index in [4.69, 9.17) is 18.9 Å². The third kappa shape index (κ3) is 5.34. The molecule has 7 nitrogen and oxygen atoms in total. The van der Waals surface area contributed by atoms with Crippen molar-refractivity contribution in [1.82, 2.24) is 5.32 Å². The fraction of sp³-hybridized carbons (Fsp3) is 0.269. The van der Waals surface area contributed by atoms with E-state index in [-0.39, 0.29) is 18.2 Å². The van der Waals surface area contributed by atoms with Gasteiger partial charge in [-0.2, -0.15) is 0 Å². The first-order valence-electron chi connectivity index (χ1n) is 11.1. The van der Waals surface area contributed by atoms with Crippen molar-refractivity contribution in [2.75, 3.05) is 18.5 Å². The van der Waals surface area contributed by atoms with Gasteiger partial charge in [0.15, 0.2) is 6.10 Å². The van der Waals surface area contributed by atoms with Gasteiger partial charge in [0.25, 0.3) is 0 Å². The van der Waals surface area contributed by atoms with Crippen LogP contribution in [0.2, 0.25) is 0 Å². The number of ether oxygens (including phenoxy) is 4. The molecule has 170 valence electrons. The molecule has 2 fully saturated rings. The van der Waals surface area contributed by atoms with Gasteiger partial charge in [-0.15, -0.1) is 0 Å². The van der Waals surface area contributed by atoms with E-state index in [1.54, 1.807) is 24.3 Å². The zero-order valence-corrected chi connectivity index (χ0v) is 18.1. The van der Waals surface area contributed by atoms with E-state index < -0.39 is 12.2 Å². The second kappa shape index (κ2) is 10.0. The van der Waals surface area contributed by atoms with Crippen molar-refractivity contribution < 1.29 is 23.7 Å². The third-order valence-corrected chi connectivity index (χ3v) is 5.76. The summed E-state index contributed by atoms with van der Waals surface area (Å²) in [6.45, 7) is 1.57. The Morgan fingerprint density at radius 2 is 1.48 bits per heavy atom. The molecule has 3 aromatic carbocycles. The summed E-state index contributed by atoms with van der Waals surface area (Å²) in [5.41, 5.74) is 1.82. The number of hydrogen-bond acceptors (Lipinski definition) is 6. The molecule has 3 aromatic rings. The van der Waals surface area contributed by atoms with E-state index in [1.165, 1.54) is 5.56 Å². The Morgan fingerprint density at radius 1 is 0.818 bits per heavy atom. The van der Waals surface area contributed by atoms with Gasteiger partial charge in [0.2, 0.25) is 0 Å². The maximum absolute atomic E-state index is 12.4. The van der Waals surface area contributed by atoms with Crippen LogP contribution >= 0.6 is 0 Å². The predicted molar refractivity (Wildman–Crippen MR) is 123 cm³/mol. The number of amides is 1. The maximum atomic E-state index is 12.4. The van der Waals surface area contributed by atoms with Crippen molar-refractivity contribution >= 4 is 11.8 Å². The number of hydrogen-bond donors (Lipinski definition) is 2. The van der Waals surface area contributed by atoms with Gasteiger partial charge < -0.3 is 24.3 Å². The van der Waals surface area contributed by atoms with Crippen LogP contribution in [-0.2, 0) is 20.8 Å². The summed E-state index contributed by atoms with van der Waals surface area (Å²) in [6.07, 6.45) is -1.39. The quantitative estimate of drug-likeness (QED) is 0.562. The van der Waals surface area contributed by atoms with Crippen LogP contribution in [-0.4, -0.2) is 43.7 Å². The molecule has 2 N–H and O–H groups in total. The highest BCUT2D eigenvalue weighted by atomic mass is 16.6. The van der Waals surface area contributed by atoms with Gasteiger partial charge in [0.1, 0.15) is 23.7 Å². The molecule has 2 aliphatic rings. The van der Waals surface area contributed by atoms with E-state index in [9.17, 15) is 4.79 Å². The Labute approximate surface area is 192 Å². The fourth-order valence-electron chi connectivity index (χ4n) is 4.10. The molecule has 33 heavy (non-hydrogen) atoms. The van der Waals surface area contributed by atoms with Crippen molar-refractivity contribution in [3.8, 4) is 11.5 Å². The molecular formula is C26H26N2O5. The molecule has 5 rings (SSSR count). The lowest BCUT2D eigenvalue weighted by Gasteiger charge is -2.18. The molecule has 1 amide bonds. The van der Waals surface area contributed by atoms with Gasteiger partial charge in [-0.05, 0) is 42.0 Å². The minimum Gasteiger partial charge on any atom is -0.457 e. The number of carbonyl (C=O) groups excluding carboxylic acids is 1. The monoisotopic (exact) mass is 446 g/mol. The van der Waals surface area contributed by atoms with Crippen LogP contribution in [0.1, 0.15) is 5.56 Å². The first-order valence-corrected chi connectivity index (χ1v) is 11.1. The van der Waals surface area contributed by atoms with Crippen molar-refractivity contribution in [2.24, 2.45) is 0 Å². The number of para-hydroxylation sites is 1. The van der Waals surface area contributed by atoms with Crippen molar-refractivity contribution in [2.45, 2.75) is 30.9 Å². The summed E-state index contributed by atoms with van der Waals surface area (Å²) in [5.74, 6) is 1.43. The zero-order valence-electron chi connectivity index (χ0n) is 18.1. The van der Waals surface area contributed by atoms with Gasteiger partial charge >= 0.3 is 6.09 Å². The second-order valence-electron chi connectivity index (χ2n) is 8.08. The van der Waals surface area contributed by atoms with Crippen molar-refractivity contribution in [1.29, 1.82) is 0 Å². The minimum atomic E-state index is -0.537. The largest absolute Gasteiger partial charge is 0.457 e. The summed E-state index contributed by atoms with van der Waals surface area (Å²) >= 11 is 0. The van der Waals surface area contributed by atoms with Crippen LogP contribution in [0.25, 0.3) is 0 Å². The molecular weight excluding hydrogens is 420 g/mol. The lowest BCUT2D eigenvalue weighted by molar-refractivity contribution is 0.00854. The molecule has 0 spiro atoms. The van der Waals surface area contributed by atoms with Gasteiger partial charge in [-0.25, -0.2) is 4.79 Å². The summed E-state index contributed by atoms with van der Waals surface area (Å²) in [4.78, 5) is 12.4. The highest BCUT2D eigenvalue weighted by Gasteiger charge is 2.49.